The lowest BCUT2D eigenvalue weighted by Gasteiger charge is -2.04. The Kier molecular flexibility index (Phi) is 2.60. The minimum atomic E-state index is 0.727. The van der Waals surface area contributed by atoms with E-state index in [0.717, 1.165) is 36.5 Å². The van der Waals surface area contributed by atoms with E-state index in [1.165, 1.54) is 5.57 Å². The van der Waals surface area contributed by atoms with Gasteiger partial charge < -0.3 is 4.74 Å². The van der Waals surface area contributed by atoms with Gasteiger partial charge in [0.2, 0.25) is 0 Å². The highest BCUT2D eigenvalue weighted by Gasteiger charge is 2.12. The standard InChI is InChI=1S/C11H12OS/c13-11-8-4-6-9-5-2-1-3-7-10(9)12-11/h2-3,5,7H,1,4,6,8H2. The first-order chi connectivity index (χ1) is 6.36. The van der Waals surface area contributed by atoms with E-state index in [2.05, 4.69) is 18.2 Å². The highest BCUT2D eigenvalue weighted by atomic mass is 32.1. The largest absolute Gasteiger partial charge is 0.450 e. The molecule has 0 atom stereocenters. The Morgan fingerprint density at radius 1 is 1.15 bits per heavy atom. The number of hydrogen-bond donors (Lipinski definition) is 0. The Bertz CT molecular complexity index is 310. The van der Waals surface area contributed by atoms with Crippen molar-refractivity contribution in [3.63, 3.8) is 0 Å². The zero-order valence-corrected chi connectivity index (χ0v) is 8.27. The van der Waals surface area contributed by atoms with Crippen LogP contribution >= 0.6 is 12.2 Å². The van der Waals surface area contributed by atoms with Gasteiger partial charge in [0.1, 0.15) is 5.76 Å². The number of ether oxygens (including phenoxy) is 1. The number of rotatable bonds is 0. The van der Waals surface area contributed by atoms with Gasteiger partial charge in [-0.25, -0.2) is 0 Å². The van der Waals surface area contributed by atoms with Crippen molar-refractivity contribution >= 4 is 17.3 Å². The fourth-order valence-electron chi connectivity index (χ4n) is 1.56. The molecule has 1 aliphatic carbocycles. The topological polar surface area (TPSA) is 9.23 Å². The maximum atomic E-state index is 5.57. The normalized spacial score (nSPS) is 22.0. The third-order valence-corrected chi connectivity index (χ3v) is 2.52. The molecule has 0 N–H and O–H groups in total. The minimum Gasteiger partial charge on any atom is -0.450 e. The van der Waals surface area contributed by atoms with E-state index in [1.54, 1.807) is 0 Å². The van der Waals surface area contributed by atoms with Crippen molar-refractivity contribution < 1.29 is 4.74 Å². The van der Waals surface area contributed by atoms with E-state index in [0.29, 0.717) is 0 Å². The van der Waals surface area contributed by atoms with Gasteiger partial charge in [0.05, 0.1) is 0 Å². The molecule has 0 aromatic rings. The summed E-state index contributed by atoms with van der Waals surface area (Å²) < 4.78 is 5.57. The molecule has 0 aromatic carbocycles. The van der Waals surface area contributed by atoms with Crippen LogP contribution in [0.5, 0.6) is 0 Å². The third kappa shape index (κ3) is 2.07. The summed E-state index contributed by atoms with van der Waals surface area (Å²) in [6, 6.07) is 0. The molecule has 0 aromatic heterocycles. The lowest BCUT2D eigenvalue weighted by molar-refractivity contribution is 0.435. The molecule has 0 spiro atoms. The molecule has 0 saturated carbocycles. The molecule has 1 aliphatic heterocycles. The predicted octanol–water partition coefficient (Wildman–Crippen LogP) is 3.28. The number of allylic oxidation sites excluding steroid dienone is 5. The first kappa shape index (κ1) is 8.70. The average Bonchev–Trinajstić information content (AvgIpc) is 2.38. The summed E-state index contributed by atoms with van der Waals surface area (Å²) in [5.74, 6) is 0.955. The Morgan fingerprint density at radius 3 is 2.92 bits per heavy atom. The summed E-state index contributed by atoms with van der Waals surface area (Å²) in [4.78, 5) is 0. The maximum Gasteiger partial charge on any atom is 0.167 e. The molecular formula is C11H12OS. The Hall–Kier alpha value is -0.890. The summed E-state index contributed by atoms with van der Waals surface area (Å²) in [5.41, 5.74) is 1.29. The summed E-state index contributed by atoms with van der Waals surface area (Å²) in [5, 5.41) is 0.727. The van der Waals surface area contributed by atoms with Crippen molar-refractivity contribution in [3.8, 4) is 0 Å². The molecule has 0 bridgehead atoms. The molecule has 1 heterocycles. The van der Waals surface area contributed by atoms with Gasteiger partial charge in [0.15, 0.2) is 5.05 Å². The molecule has 0 unspecified atom stereocenters. The van der Waals surface area contributed by atoms with Crippen LogP contribution in [0.2, 0.25) is 0 Å². The number of hydrogen-bond acceptors (Lipinski definition) is 2. The first-order valence-corrected chi connectivity index (χ1v) is 5.04. The fraction of sp³-hybridized carbons (Fsp3) is 0.364. The quantitative estimate of drug-likeness (QED) is 0.545. The monoisotopic (exact) mass is 192 g/mol. The minimum absolute atomic E-state index is 0.727. The Balaban J connectivity index is 2.31. The highest BCUT2D eigenvalue weighted by molar-refractivity contribution is 7.80. The van der Waals surface area contributed by atoms with E-state index >= 15 is 0 Å². The Morgan fingerprint density at radius 2 is 2.00 bits per heavy atom. The fourth-order valence-corrected chi connectivity index (χ4v) is 1.79. The highest BCUT2D eigenvalue weighted by Crippen LogP contribution is 2.24. The second-order valence-electron chi connectivity index (χ2n) is 3.26. The van der Waals surface area contributed by atoms with E-state index < -0.39 is 0 Å². The third-order valence-electron chi connectivity index (χ3n) is 2.23. The summed E-state index contributed by atoms with van der Waals surface area (Å²) in [6.07, 6.45) is 12.5. The molecule has 68 valence electrons. The molecule has 0 saturated heterocycles. The van der Waals surface area contributed by atoms with E-state index in [1.807, 2.05) is 6.08 Å². The van der Waals surface area contributed by atoms with Crippen molar-refractivity contribution in [2.24, 2.45) is 0 Å². The van der Waals surface area contributed by atoms with Crippen molar-refractivity contribution in [1.29, 1.82) is 0 Å². The van der Waals surface area contributed by atoms with E-state index in [4.69, 9.17) is 17.0 Å². The van der Waals surface area contributed by atoms with Gasteiger partial charge in [-0.15, -0.1) is 0 Å². The lowest BCUT2D eigenvalue weighted by Crippen LogP contribution is -1.97. The zero-order chi connectivity index (χ0) is 9.10. The summed E-state index contributed by atoms with van der Waals surface area (Å²) in [6.45, 7) is 0. The molecule has 2 rings (SSSR count). The van der Waals surface area contributed by atoms with Crippen LogP contribution in [0.25, 0.3) is 0 Å². The van der Waals surface area contributed by atoms with Gasteiger partial charge in [0.25, 0.3) is 0 Å². The molecule has 2 aliphatic rings. The van der Waals surface area contributed by atoms with E-state index in [-0.39, 0.29) is 0 Å². The van der Waals surface area contributed by atoms with Gasteiger partial charge in [0, 0.05) is 6.42 Å². The van der Waals surface area contributed by atoms with E-state index in [9.17, 15) is 0 Å². The van der Waals surface area contributed by atoms with Gasteiger partial charge in [-0.05, 0) is 43.1 Å². The van der Waals surface area contributed by atoms with Crippen molar-refractivity contribution in [1.82, 2.24) is 0 Å². The van der Waals surface area contributed by atoms with Crippen LogP contribution in [-0.4, -0.2) is 5.05 Å². The first-order valence-electron chi connectivity index (χ1n) is 4.63. The molecular weight excluding hydrogens is 180 g/mol. The van der Waals surface area contributed by atoms with Gasteiger partial charge in [-0.3, -0.25) is 0 Å². The van der Waals surface area contributed by atoms with Crippen LogP contribution in [0.15, 0.2) is 35.6 Å². The predicted molar refractivity (Wildman–Crippen MR) is 57.5 cm³/mol. The zero-order valence-electron chi connectivity index (χ0n) is 7.45. The molecule has 2 heteroatoms. The molecule has 1 nitrogen and oxygen atoms in total. The molecule has 0 fully saturated rings. The maximum absolute atomic E-state index is 5.57. The van der Waals surface area contributed by atoms with Crippen LogP contribution in [0.4, 0.5) is 0 Å². The van der Waals surface area contributed by atoms with Crippen LogP contribution in [0.1, 0.15) is 25.7 Å². The molecule has 0 radical (unpaired) electrons. The van der Waals surface area contributed by atoms with Gasteiger partial charge >= 0.3 is 0 Å². The van der Waals surface area contributed by atoms with Crippen LogP contribution in [0.3, 0.4) is 0 Å². The average molecular weight is 192 g/mol. The van der Waals surface area contributed by atoms with Crippen LogP contribution in [0, 0.1) is 0 Å². The van der Waals surface area contributed by atoms with Crippen molar-refractivity contribution in [2.45, 2.75) is 25.7 Å². The van der Waals surface area contributed by atoms with Crippen molar-refractivity contribution in [3.05, 3.63) is 35.6 Å². The summed E-state index contributed by atoms with van der Waals surface area (Å²) in [7, 11) is 0. The number of thiocarbonyl (C=S) groups is 1. The summed E-state index contributed by atoms with van der Waals surface area (Å²) >= 11 is 5.09. The smallest absolute Gasteiger partial charge is 0.167 e. The van der Waals surface area contributed by atoms with Crippen LogP contribution in [-0.2, 0) is 4.74 Å². The second kappa shape index (κ2) is 3.88. The lowest BCUT2D eigenvalue weighted by atomic mass is 10.1. The van der Waals surface area contributed by atoms with Gasteiger partial charge in [-0.2, -0.15) is 0 Å². The Labute approximate surface area is 83.8 Å². The second-order valence-corrected chi connectivity index (χ2v) is 3.71. The molecule has 0 amide bonds. The van der Waals surface area contributed by atoms with Gasteiger partial charge in [-0.1, -0.05) is 18.2 Å². The van der Waals surface area contributed by atoms with Crippen LogP contribution < -0.4 is 0 Å². The molecule has 13 heavy (non-hydrogen) atoms. The van der Waals surface area contributed by atoms with Crippen molar-refractivity contribution in [2.75, 3.05) is 0 Å². The SMILES string of the molecule is S=C1CCCC2=C(C=CCC=C2)O1.